The number of carboxylic acid groups (broad SMARTS) is 1. The number of nitrogens with zero attached hydrogens (tertiary/aromatic N) is 2. The molecule has 52 heavy (non-hydrogen) atoms. The first kappa shape index (κ1) is 46.1. The van der Waals surface area contributed by atoms with Crippen LogP contribution in [-0.4, -0.2) is 87.9 Å². The highest BCUT2D eigenvalue weighted by Gasteiger charge is 2.46. The molecule has 2 heterocycles. The van der Waals surface area contributed by atoms with Gasteiger partial charge in [-0.2, -0.15) is 0 Å². The molecule has 2 unspecified atom stereocenters. The van der Waals surface area contributed by atoms with Gasteiger partial charge >= 0.3 is 23.7 Å². The van der Waals surface area contributed by atoms with E-state index in [1.54, 1.807) is 13.8 Å². The first-order valence-corrected chi connectivity index (χ1v) is 15.4. The number of non-ortho nitro benzene ring substituents is 2. The number of carboxylic acids is 1. The van der Waals surface area contributed by atoms with Gasteiger partial charge in [-0.1, -0.05) is 19.6 Å². The van der Waals surface area contributed by atoms with Crippen LogP contribution in [0.1, 0.15) is 69.8 Å². The minimum atomic E-state index is -2.28. The average molecular weight is 734 g/mol. The van der Waals surface area contributed by atoms with Gasteiger partial charge in [0.25, 0.3) is 11.4 Å². The lowest BCUT2D eigenvalue weighted by Crippen LogP contribution is -2.46. The maximum Gasteiger partial charge on any atom is 0.379 e. The highest BCUT2D eigenvalue weighted by molar-refractivity contribution is 6.32. The van der Waals surface area contributed by atoms with Crippen molar-refractivity contribution >= 4 is 47.1 Å². The van der Waals surface area contributed by atoms with Gasteiger partial charge in [0, 0.05) is 62.6 Å². The number of hydrogen-bond donors (Lipinski definition) is 3. The summed E-state index contributed by atoms with van der Waals surface area (Å²) in [5, 5.41) is 42.7. The molecule has 2 aliphatic heterocycles. The Labute approximate surface area is 299 Å². The molecular formula is C34H43N3O15. The molecule has 2 aliphatic rings. The maximum atomic E-state index is 12.0. The van der Waals surface area contributed by atoms with Crippen LogP contribution in [-0.2, 0) is 38.2 Å². The summed E-state index contributed by atoms with van der Waals surface area (Å²) in [6.07, 6.45) is 2.75. The summed E-state index contributed by atoms with van der Waals surface area (Å²) < 4.78 is 14.3. The lowest BCUT2D eigenvalue weighted by atomic mass is 9.88. The molecule has 0 bridgehead atoms. The monoisotopic (exact) mass is 733 g/mol. The summed E-state index contributed by atoms with van der Waals surface area (Å²) in [5.41, 5.74) is 0.957. The summed E-state index contributed by atoms with van der Waals surface area (Å²) in [5.74, 6) is -6.51. The predicted molar refractivity (Wildman–Crippen MR) is 183 cm³/mol. The third kappa shape index (κ3) is 15.3. The summed E-state index contributed by atoms with van der Waals surface area (Å²) >= 11 is 0. The molecule has 1 saturated heterocycles. The van der Waals surface area contributed by atoms with Crippen LogP contribution in [0, 0.1) is 26.1 Å². The van der Waals surface area contributed by atoms with Crippen LogP contribution < -0.4 is 5.32 Å². The van der Waals surface area contributed by atoms with E-state index in [9.17, 15) is 54.1 Å². The third-order valence-corrected chi connectivity index (χ3v) is 6.81. The number of carbonyl (C=O) groups excluding carboxylic acids is 5. The number of ketones is 2. The zero-order valence-electron chi connectivity index (χ0n) is 28.3. The highest BCUT2D eigenvalue weighted by atomic mass is 16.7. The van der Waals surface area contributed by atoms with E-state index in [1.807, 2.05) is 0 Å². The minimum absolute atomic E-state index is 0. The molecule has 2 aromatic carbocycles. The number of benzene rings is 2. The predicted octanol–water partition coefficient (Wildman–Crippen LogP) is 3.69. The van der Waals surface area contributed by atoms with Gasteiger partial charge in [-0.15, -0.1) is 0 Å². The van der Waals surface area contributed by atoms with Gasteiger partial charge in [-0.05, 0) is 50.6 Å². The number of allylic oxidation sites excluding steroid dienone is 2. The molecule has 0 aliphatic carbocycles. The van der Waals surface area contributed by atoms with Gasteiger partial charge < -0.3 is 29.7 Å². The summed E-state index contributed by atoms with van der Waals surface area (Å²) in [6.45, 7) is 7.48. The molecule has 18 heteroatoms. The molecule has 284 valence electrons. The van der Waals surface area contributed by atoms with Crippen molar-refractivity contribution < 1.29 is 63.0 Å². The lowest BCUT2D eigenvalue weighted by Gasteiger charge is -2.34. The van der Waals surface area contributed by atoms with Crippen LogP contribution in [0.2, 0.25) is 0 Å². The lowest BCUT2D eigenvalue weighted by molar-refractivity contribution is -0.385. The molecule has 0 radical (unpaired) electrons. The molecule has 3 atom stereocenters. The molecule has 2 aromatic rings. The van der Waals surface area contributed by atoms with E-state index in [4.69, 9.17) is 14.6 Å². The van der Waals surface area contributed by atoms with Gasteiger partial charge in [-0.25, -0.2) is 9.59 Å². The van der Waals surface area contributed by atoms with Crippen LogP contribution in [0.15, 0.2) is 60.4 Å². The van der Waals surface area contributed by atoms with Crippen molar-refractivity contribution in [2.24, 2.45) is 5.92 Å². The number of aliphatic carboxylic acids is 1. The van der Waals surface area contributed by atoms with Crippen LogP contribution >= 0.6 is 0 Å². The number of esters is 2. The largest absolute Gasteiger partial charge is 0.481 e. The fraction of sp³-hybridized carbons (Fsp3) is 0.412. The summed E-state index contributed by atoms with van der Waals surface area (Å²) in [7, 11) is 0. The molecule has 1 fully saturated rings. The zero-order chi connectivity index (χ0) is 38.7. The number of carbonyl (C=O) groups is 6. The van der Waals surface area contributed by atoms with E-state index < -0.39 is 51.0 Å². The average Bonchev–Trinajstić information content (AvgIpc) is 3.65. The Morgan fingerprint density at radius 1 is 0.942 bits per heavy atom. The number of rotatable bonds is 10. The fourth-order valence-corrected chi connectivity index (χ4v) is 4.19. The van der Waals surface area contributed by atoms with Crippen molar-refractivity contribution in [1.29, 1.82) is 0 Å². The van der Waals surface area contributed by atoms with Crippen LogP contribution in [0.3, 0.4) is 0 Å². The molecule has 3 N–H and O–H groups in total. The Kier molecular flexibility index (Phi) is 20.2. The van der Waals surface area contributed by atoms with Crippen molar-refractivity contribution in [3.05, 3.63) is 91.7 Å². The first-order valence-electron chi connectivity index (χ1n) is 15.4. The van der Waals surface area contributed by atoms with Crippen LogP contribution in [0.5, 0.6) is 0 Å². The Morgan fingerprint density at radius 2 is 1.46 bits per heavy atom. The van der Waals surface area contributed by atoms with Gasteiger partial charge in [0.2, 0.25) is 5.78 Å². The van der Waals surface area contributed by atoms with Crippen molar-refractivity contribution in [1.82, 2.24) is 5.32 Å². The maximum absolute atomic E-state index is 12.0. The summed E-state index contributed by atoms with van der Waals surface area (Å²) in [6, 6.07) is 11.1. The smallest absolute Gasteiger partial charge is 0.379 e. The summed E-state index contributed by atoms with van der Waals surface area (Å²) in [4.78, 5) is 83.9. The Balaban J connectivity index is 0.000000766. The van der Waals surface area contributed by atoms with E-state index in [0.717, 1.165) is 13.0 Å². The standard InChI is InChI=1S/C16H17NO7.C7H5NO3.C5H9NO2.C5H8O3.CH4/c1-3-23-15(19)16(20)9-12(8-14(24-16)10(2)18)11-4-6-13(7-5-11)17(21)22;9-5-6-1-3-7(4-2-6)8(10)11;7-5(8)4-1-2-6-3-4;1-3-8-5(7)4(2)6;/h4-8,12,20H,3,9H2,1-2H3;1-5H;4,6H,1-3H2,(H,7,8);3H2,1-2H3;1H4/t;;4-;;/m..0../s1. The Morgan fingerprint density at radius 3 is 1.81 bits per heavy atom. The van der Waals surface area contributed by atoms with Gasteiger partial charge in [0.05, 0.1) is 29.0 Å². The molecule has 0 saturated carbocycles. The van der Waals surface area contributed by atoms with Crippen molar-refractivity contribution in [3.63, 3.8) is 0 Å². The molecule has 0 spiro atoms. The SMILES string of the molecule is C.CCOC(=O)C(C)=O.CCOC(=O)C1(O)CC(c2ccc([N+](=O)[O-])cc2)C=C(C(C)=O)O1.O=C(O)[C@H]1CCNC1.O=Cc1ccc([N+](=O)[O-])cc1. The second-order valence-corrected chi connectivity index (χ2v) is 10.6. The number of ether oxygens (including phenoxy) is 3. The van der Waals surface area contributed by atoms with E-state index in [2.05, 4.69) is 10.1 Å². The quantitative estimate of drug-likeness (QED) is 0.103. The highest BCUT2D eigenvalue weighted by Crippen LogP contribution is 2.37. The van der Waals surface area contributed by atoms with Gasteiger partial charge in [-0.3, -0.25) is 39.4 Å². The number of aliphatic hydroxyl groups is 1. The Bertz CT molecular complexity index is 1580. The van der Waals surface area contributed by atoms with Crippen LogP contribution in [0.25, 0.3) is 0 Å². The first-order chi connectivity index (χ1) is 24.0. The van der Waals surface area contributed by atoms with Crippen molar-refractivity contribution in [2.75, 3.05) is 26.3 Å². The fourth-order valence-electron chi connectivity index (χ4n) is 4.19. The molecule has 18 nitrogen and oxygen atoms in total. The van der Waals surface area contributed by atoms with E-state index in [0.29, 0.717) is 24.0 Å². The van der Waals surface area contributed by atoms with E-state index >= 15 is 0 Å². The topological polar surface area (TPSA) is 269 Å². The number of Topliss-reactive ketones (excluding diaryl/α,β-unsaturated/α-hetero) is 2. The number of aldehydes is 1. The van der Waals surface area contributed by atoms with Gasteiger partial charge in [0.15, 0.2) is 11.5 Å². The van der Waals surface area contributed by atoms with E-state index in [-0.39, 0.29) is 50.1 Å². The van der Waals surface area contributed by atoms with Crippen molar-refractivity contribution in [2.45, 2.75) is 59.7 Å². The van der Waals surface area contributed by atoms with Crippen molar-refractivity contribution in [3.8, 4) is 0 Å². The number of hydrogen-bond acceptors (Lipinski definition) is 15. The normalized spacial score (nSPS) is 18.1. The molecular weight excluding hydrogens is 690 g/mol. The number of nitrogens with one attached hydrogen (secondary N) is 1. The zero-order valence-corrected chi connectivity index (χ0v) is 28.3. The van der Waals surface area contributed by atoms with Crippen LogP contribution in [0.4, 0.5) is 11.4 Å². The molecule has 0 aromatic heterocycles. The molecule has 0 amide bonds. The number of nitro benzene ring substituents is 2. The third-order valence-electron chi connectivity index (χ3n) is 6.81. The van der Waals surface area contributed by atoms with E-state index in [1.165, 1.54) is 68.5 Å². The number of nitro groups is 2. The molecule has 4 rings (SSSR count). The second kappa shape index (κ2) is 22.8. The second-order valence-electron chi connectivity index (χ2n) is 10.6. The Hall–Kier alpha value is -5.88. The van der Waals surface area contributed by atoms with Gasteiger partial charge in [0.1, 0.15) is 6.29 Å². The minimum Gasteiger partial charge on any atom is -0.481 e.